The van der Waals surface area contributed by atoms with Gasteiger partial charge in [-0.05, 0) is 36.7 Å². The van der Waals surface area contributed by atoms with Gasteiger partial charge in [-0.15, -0.1) is 10.2 Å². The summed E-state index contributed by atoms with van der Waals surface area (Å²) >= 11 is 1.57. The molecule has 1 unspecified atom stereocenters. The van der Waals surface area contributed by atoms with Crippen LogP contribution in [0.1, 0.15) is 38.0 Å². The van der Waals surface area contributed by atoms with Crippen LogP contribution in [0.15, 0.2) is 44.1 Å². The fourth-order valence-electron chi connectivity index (χ4n) is 2.93. The zero-order chi connectivity index (χ0) is 19.1. The number of aromatic nitrogens is 2. The molecule has 0 aromatic carbocycles. The van der Waals surface area contributed by atoms with Gasteiger partial charge in [-0.2, -0.15) is 11.3 Å². The summed E-state index contributed by atoms with van der Waals surface area (Å²) in [6.45, 7) is 6.46. The molecule has 144 valence electrons. The molecule has 1 amide bonds. The Balaban J connectivity index is 1.51. The van der Waals surface area contributed by atoms with E-state index < -0.39 is 0 Å². The molecular formula is C19H24N4O3S. The number of amides is 1. The lowest BCUT2D eigenvalue weighted by Gasteiger charge is -2.28. The maximum atomic E-state index is 12.3. The number of furan rings is 1. The number of carbonyl (C=O) groups excluding carboxylic acids is 1. The quantitative estimate of drug-likeness (QED) is 0.572. The molecule has 0 saturated carbocycles. The first kappa shape index (κ1) is 19.3. The van der Waals surface area contributed by atoms with Gasteiger partial charge in [0.1, 0.15) is 5.76 Å². The maximum absolute atomic E-state index is 12.3. The van der Waals surface area contributed by atoms with E-state index in [2.05, 4.69) is 34.3 Å². The van der Waals surface area contributed by atoms with Crippen LogP contribution >= 0.6 is 11.3 Å². The number of hydrogen-bond acceptors (Lipinski definition) is 7. The molecule has 1 atom stereocenters. The molecule has 3 heterocycles. The summed E-state index contributed by atoms with van der Waals surface area (Å²) in [6.07, 6.45) is 2.38. The third-order valence-corrected chi connectivity index (χ3v) is 5.10. The van der Waals surface area contributed by atoms with Crippen molar-refractivity contribution in [3.05, 3.63) is 46.9 Å². The number of nitrogens with zero attached hydrogens (tertiary/aromatic N) is 3. The largest absolute Gasteiger partial charge is 0.468 e. The zero-order valence-electron chi connectivity index (χ0n) is 15.6. The summed E-state index contributed by atoms with van der Waals surface area (Å²) in [5.74, 6) is 1.77. The van der Waals surface area contributed by atoms with E-state index in [1.807, 2.05) is 29.0 Å². The minimum atomic E-state index is -0.0472. The van der Waals surface area contributed by atoms with E-state index in [-0.39, 0.29) is 11.9 Å². The summed E-state index contributed by atoms with van der Waals surface area (Å²) < 4.78 is 11.2. The van der Waals surface area contributed by atoms with E-state index in [0.29, 0.717) is 31.2 Å². The molecule has 27 heavy (non-hydrogen) atoms. The standard InChI is InChI=1S/C19H24N4O3S/c1-3-23(4-2)15(16-6-5-10-25-16)12-20-17(24)7-8-18-21-22-19(26-18)14-9-11-27-13-14/h5-6,9-11,13,15H,3-4,7-8,12H2,1-2H3,(H,20,24). The second-order valence-corrected chi connectivity index (χ2v) is 6.85. The summed E-state index contributed by atoms with van der Waals surface area (Å²) in [6, 6.07) is 5.76. The Kier molecular flexibility index (Phi) is 6.78. The van der Waals surface area contributed by atoms with Crippen LogP contribution in [0.25, 0.3) is 11.5 Å². The van der Waals surface area contributed by atoms with Gasteiger partial charge in [0.15, 0.2) is 0 Å². The number of rotatable bonds is 10. The van der Waals surface area contributed by atoms with E-state index in [1.165, 1.54) is 0 Å². The van der Waals surface area contributed by atoms with Crippen LogP contribution < -0.4 is 5.32 Å². The van der Waals surface area contributed by atoms with Gasteiger partial charge in [0, 0.05) is 30.3 Å². The van der Waals surface area contributed by atoms with Crippen molar-refractivity contribution in [1.82, 2.24) is 20.4 Å². The molecule has 7 nitrogen and oxygen atoms in total. The van der Waals surface area contributed by atoms with Crippen LogP contribution in [0.5, 0.6) is 0 Å². The van der Waals surface area contributed by atoms with Gasteiger partial charge >= 0.3 is 0 Å². The van der Waals surface area contributed by atoms with E-state index >= 15 is 0 Å². The molecule has 3 aromatic heterocycles. The number of nitrogens with one attached hydrogen (secondary N) is 1. The molecule has 0 bridgehead atoms. The predicted octanol–water partition coefficient (Wildman–Crippen LogP) is 3.52. The molecule has 0 radical (unpaired) electrons. The number of thiophene rings is 1. The van der Waals surface area contributed by atoms with Gasteiger partial charge in [-0.3, -0.25) is 9.69 Å². The summed E-state index contributed by atoms with van der Waals surface area (Å²) in [7, 11) is 0. The van der Waals surface area contributed by atoms with Crippen LogP contribution in [0.2, 0.25) is 0 Å². The first-order valence-corrected chi connectivity index (χ1v) is 10.0. The zero-order valence-corrected chi connectivity index (χ0v) is 16.4. The first-order valence-electron chi connectivity index (χ1n) is 9.10. The van der Waals surface area contributed by atoms with Crippen LogP contribution in [-0.4, -0.2) is 40.6 Å². The van der Waals surface area contributed by atoms with Gasteiger partial charge in [0.05, 0.1) is 12.3 Å². The van der Waals surface area contributed by atoms with Crippen molar-refractivity contribution in [3.8, 4) is 11.5 Å². The van der Waals surface area contributed by atoms with E-state index in [9.17, 15) is 4.79 Å². The molecule has 0 aliphatic carbocycles. The van der Waals surface area contributed by atoms with Crippen molar-refractivity contribution < 1.29 is 13.6 Å². The van der Waals surface area contributed by atoms with E-state index in [1.54, 1.807) is 17.6 Å². The van der Waals surface area contributed by atoms with E-state index in [0.717, 1.165) is 24.4 Å². The van der Waals surface area contributed by atoms with Gasteiger partial charge in [-0.1, -0.05) is 13.8 Å². The fourth-order valence-corrected chi connectivity index (χ4v) is 3.56. The average Bonchev–Trinajstić information content (AvgIpc) is 3.44. The van der Waals surface area contributed by atoms with Gasteiger partial charge in [-0.25, -0.2) is 0 Å². The second-order valence-electron chi connectivity index (χ2n) is 6.07. The number of carbonyl (C=O) groups is 1. The molecule has 1 N–H and O–H groups in total. The van der Waals surface area contributed by atoms with Crippen molar-refractivity contribution in [2.75, 3.05) is 19.6 Å². The highest BCUT2D eigenvalue weighted by Crippen LogP contribution is 2.21. The average molecular weight is 388 g/mol. The lowest BCUT2D eigenvalue weighted by atomic mass is 10.1. The Bertz CT molecular complexity index is 810. The van der Waals surface area contributed by atoms with Crippen molar-refractivity contribution in [2.24, 2.45) is 0 Å². The summed E-state index contributed by atoms with van der Waals surface area (Å²) in [4.78, 5) is 14.5. The van der Waals surface area contributed by atoms with Gasteiger partial charge in [0.2, 0.25) is 17.7 Å². The topological polar surface area (TPSA) is 84.4 Å². The minimum absolute atomic E-state index is 0.0209. The van der Waals surface area contributed by atoms with Crippen molar-refractivity contribution >= 4 is 17.2 Å². The Morgan fingerprint density at radius 1 is 1.30 bits per heavy atom. The Morgan fingerprint density at radius 2 is 2.15 bits per heavy atom. The molecule has 0 aliphatic rings. The molecule has 0 aliphatic heterocycles. The maximum Gasteiger partial charge on any atom is 0.248 e. The highest BCUT2D eigenvalue weighted by Gasteiger charge is 2.21. The van der Waals surface area contributed by atoms with Crippen molar-refractivity contribution in [1.29, 1.82) is 0 Å². The number of likely N-dealkylation sites (N-methyl/N-ethyl adjacent to an activating group) is 1. The van der Waals surface area contributed by atoms with Crippen LogP contribution in [0.4, 0.5) is 0 Å². The highest BCUT2D eigenvalue weighted by molar-refractivity contribution is 7.08. The molecule has 0 saturated heterocycles. The smallest absolute Gasteiger partial charge is 0.248 e. The number of aryl methyl sites for hydroxylation is 1. The molecular weight excluding hydrogens is 364 g/mol. The second kappa shape index (κ2) is 9.48. The lowest BCUT2D eigenvalue weighted by Crippen LogP contribution is -2.38. The predicted molar refractivity (Wildman–Crippen MR) is 103 cm³/mol. The van der Waals surface area contributed by atoms with Crippen molar-refractivity contribution in [2.45, 2.75) is 32.7 Å². The molecule has 3 aromatic rings. The minimum Gasteiger partial charge on any atom is -0.468 e. The monoisotopic (exact) mass is 388 g/mol. The van der Waals surface area contributed by atoms with Crippen LogP contribution in [0, 0.1) is 0 Å². The fraction of sp³-hybridized carbons (Fsp3) is 0.421. The molecule has 8 heteroatoms. The highest BCUT2D eigenvalue weighted by atomic mass is 32.1. The molecule has 3 rings (SSSR count). The Morgan fingerprint density at radius 3 is 2.81 bits per heavy atom. The third kappa shape index (κ3) is 5.05. The SMILES string of the molecule is CCN(CC)C(CNC(=O)CCc1nnc(-c2ccsc2)o1)c1ccco1. The molecule has 0 fully saturated rings. The van der Waals surface area contributed by atoms with E-state index in [4.69, 9.17) is 8.83 Å². The summed E-state index contributed by atoms with van der Waals surface area (Å²) in [5.41, 5.74) is 0.906. The summed E-state index contributed by atoms with van der Waals surface area (Å²) in [5, 5.41) is 15.0. The van der Waals surface area contributed by atoms with Gasteiger partial charge in [0.25, 0.3) is 0 Å². The van der Waals surface area contributed by atoms with Gasteiger partial charge < -0.3 is 14.2 Å². The molecule has 0 spiro atoms. The van der Waals surface area contributed by atoms with Crippen LogP contribution in [0.3, 0.4) is 0 Å². The Labute approximate surface area is 162 Å². The normalized spacial score (nSPS) is 12.4. The first-order chi connectivity index (χ1) is 13.2. The van der Waals surface area contributed by atoms with Crippen LogP contribution in [-0.2, 0) is 11.2 Å². The third-order valence-electron chi connectivity index (χ3n) is 4.42. The number of hydrogen-bond donors (Lipinski definition) is 1. The lowest BCUT2D eigenvalue weighted by molar-refractivity contribution is -0.121. The van der Waals surface area contributed by atoms with Crippen molar-refractivity contribution in [3.63, 3.8) is 0 Å². The Hall–Kier alpha value is -2.45.